The van der Waals surface area contributed by atoms with Gasteiger partial charge in [-0.05, 0) is 44.9 Å². The van der Waals surface area contributed by atoms with E-state index in [1.165, 1.54) is 24.5 Å². The molecular formula is C19H22FN3O4. The molecule has 0 unspecified atom stereocenters. The number of hydrogen-bond acceptors (Lipinski definition) is 5. The standard InChI is InChI=1S/C19H22FN3O4/c1-13(2)23(15-5-7-26-8-6-15)19(24)17-9-14(20)3-4-18(17)27-16-10-21-12-22(25)11-16/h3-4,9-13,15H,5-8H2,1-2H3. The van der Waals surface area contributed by atoms with Crippen molar-refractivity contribution in [2.75, 3.05) is 13.2 Å². The summed E-state index contributed by atoms with van der Waals surface area (Å²) < 4.78 is 25.4. The smallest absolute Gasteiger partial charge is 0.289 e. The Kier molecular flexibility index (Phi) is 5.85. The summed E-state index contributed by atoms with van der Waals surface area (Å²) >= 11 is 0. The van der Waals surface area contributed by atoms with Crippen molar-refractivity contribution in [3.05, 3.63) is 53.5 Å². The van der Waals surface area contributed by atoms with Crippen molar-refractivity contribution >= 4 is 5.91 Å². The summed E-state index contributed by atoms with van der Waals surface area (Å²) in [7, 11) is 0. The molecule has 0 bridgehead atoms. The number of benzene rings is 1. The van der Waals surface area contributed by atoms with E-state index in [2.05, 4.69) is 4.98 Å². The van der Waals surface area contributed by atoms with Crippen LogP contribution in [0, 0.1) is 11.0 Å². The first-order valence-electron chi connectivity index (χ1n) is 8.87. The lowest BCUT2D eigenvalue weighted by Gasteiger charge is -2.37. The second-order valence-electron chi connectivity index (χ2n) is 6.68. The summed E-state index contributed by atoms with van der Waals surface area (Å²) in [5.74, 6) is -0.515. The fraction of sp³-hybridized carbons (Fsp3) is 0.421. The van der Waals surface area contributed by atoms with Crippen LogP contribution in [0.25, 0.3) is 0 Å². The summed E-state index contributed by atoms with van der Waals surface area (Å²) in [6.45, 7) is 5.03. The molecule has 1 saturated heterocycles. The zero-order valence-electron chi connectivity index (χ0n) is 15.3. The van der Waals surface area contributed by atoms with Gasteiger partial charge in [-0.25, -0.2) is 9.12 Å². The number of amides is 1. The highest BCUT2D eigenvalue weighted by atomic mass is 19.1. The molecule has 0 atom stereocenters. The van der Waals surface area contributed by atoms with Crippen molar-refractivity contribution in [2.45, 2.75) is 38.8 Å². The highest BCUT2D eigenvalue weighted by Gasteiger charge is 2.30. The molecule has 7 nitrogen and oxygen atoms in total. The number of halogens is 1. The Morgan fingerprint density at radius 2 is 2.15 bits per heavy atom. The Bertz CT molecular complexity index is 809. The van der Waals surface area contributed by atoms with Gasteiger partial charge < -0.3 is 19.6 Å². The van der Waals surface area contributed by atoms with Gasteiger partial charge >= 0.3 is 0 Å². The van der Waals surface area contributed by atoms with E-state index < -0.39 is 5.82 Å². The third kappa shape index (κ3) is 4.51. The summed E-state index contributed by atoms with van der Waals surface area (Å²) in [5.41, 5.74) is 0.108. The number of carbonyl (C=O) groups is 1. The van der Waals surface area contributed by atoms with Gasteiger partial charge in [0.2, 0.25) is 5.75 Å². The molecule has 1 fully saturated rings. The summed E-state index contributed by atoms with van der Waals surface area (Å²) in [6, 6.07) is 3.70. The van der Waals surface area contributed by atoms with Crippen LogP contribution in [0.4, 0.5) is 4.39 Å². The van der Waals surface area contributed by atoms with E-state index >= 15 is 0 Å². The lowest BCUT2D eigenvalue weighted by Crippen LogP contribution is -2.47. The molecule has 3 rings (SSSR count). The van der Waals surface area contributed by atoms with Crippen molar-refractivity contribution in [1.82, 2.24) is 9.88 Å². The molecular weight excluding hydrogens is 353 g/mol. The van der Waals surface area contributed by atoms with Crippen LogP contribution in [-0.2, 0) is 4.74 Å². The predicted octanol–water partition coefficient (Wildman–Crippen LogP) is 2.68. The fourth-order valence-electron chi connectivity index (χ4n) is 3.23. The zero-order valence-corrected chi connectivity index (χ0v) is 15.3. The number of carbonyl (C=O) groups excluding carboxylic acids is 1. The number of ether oxygens (including phenoxy) is 2. The summed E-state index contributed by atoms with van der Waals surface area (Å²) in [4.78, 5) is 18.8. The minimum absolute atomic E-state index is 0.0181. The summed E-state index contributed by atoms with van der Waals surface area (Å²) in [6.07, 6.45) is 5.08. The van der Waals surface area contributed by atoms with Gasteiger partial charge in [0.15, 0.2) is 6.20 Å². The van der Waals surface area contributed by atoms with Gasteiger partial charge in [-0.1, -0.05) is 4.98 Å². The molecule has 1 amide bonds. The third-order valence-corrected chi connectivity index (χ3v) is 4.41. The van der Waals surface area contributed by atoms with Gasteiger partial charge in [-0.15, -0.1) is 0 Å². The number of rotatable bonds is 5. The van der Waals surface area contributed by atoms with E-state index in [0.29, 0.717) is 17.9 Å². The maximum atomic E-state index is 13.9. The van der Waals surface area contributed by atoms with Crippen LogP contribution < -0.4 is 9.47 Å². The van der Waals surface area contributed by atoms with E-state index in [-0.39, 0.29) is 35.1 Å². The molecule has 144 valence electrons. The van der Waals surface area contributed by atoms with Crippen LogP contribution in [0.15, 0.2) is 36.9 Å². The molecule has 0 saturated carbocycles. The molecule has 1 aromatic heterocycles. The summed E-state index contributed by atoms with van der Waals surface area (Å²) in [5, 5.41) is 11.4. The molecule has 0 radical (unpaired) electrons. The van der Waals surface area contributed by atoms with Gasteiger partial charge in [0.1, 0.15) is 17.8 Å². The van der Waals surface area contributed by atoms with Crippen molar-refractivity contribution in [1.29, 1.82) is 0 Å². The van der Waals surface area contributed by atoms with Crippen LogP contribution in [0.1, 0.15) is 37.0 Å². The molecule has 0 aliphatic carbocycles. The molecule has 1 aliphatic rings. The molecule has 0 N–H and O–H groups in total. The number of nitrogens with zero attached hydrogens (tertiary/aromatic N) is 3. The Hall–Kier alpha value is -2.74. The zero-order chi connectivity index (χ0) is 19.4. The van der Waals surface area contributed by atoms with Gasteiger partial charge in [-0.2, -0.15) is 0 Å². The predicted molar refractivity (Wildman–Crippen MR) is 94.8 cm³/mol. The quantitative estimate of drug-likeness (QED) is 0.593. The minimum atomic E-state index is -0.536. The lowest BCUT2D eigenvalue weighted by atomic mass is 10.0. The van der Waals surface area contributed by atoms with Crippen molar-refractivity contribution in [3.63, 3.8) is 0 Å². The highest BCUT2D eigenvalue weighted by molar-refractivity contribution is 5.97. The normalized spacial score (nSPS) is 15.0. The van der Waals surface area contributed by atoms with Gasteiger partial charge in [0.05, 0.1) is 5.56 Å². The highest BCUT2D eigenvalue weighted by Crippen LogP contribution is 2.29. The molecule has 27 heavy (non-hydrogen) atoms. The van der Waals surface area contributed by atoms with Crippen LogP contribution in [0.2, 0.25) is 0 Å². The minimum Gasteiger partial charge on any atom is -0.711 e. The monoisotopic (exact) mass is 375 g/mol. The molecule has 1 aromatic carbocycles. The van der Waals surface area contributed by atoms with E-state index in [0.717, 1.165) is 25.2 Å². The van der Waals surface area contributed by atoms with Crippen LogP contribution >= 0.6 is 0 Å². The number of hydrogen-bond donors (Lipinski definition) is 0. The molecule has 1 aliphatic heterocycles. The molecule has 2 aromatic rings. The first kappa shape index (κ1) is 19.0. The van der Waals surface area contributed by atoms with Gasteiger partial charge in [0.25, 0.3) is 12.2 Å². The van der Waals surface area contributed by atoms with Crippen molar-refractivity contribution < 1.29 is 23.4 Å². The first-order valence-corrected chi connectivity index (χ1v) is 8.87. The van der Waals surface area contributed by atoms with Crippen LogP contribution in [-0.4, -0.2) is 41.1 Å². The van der Waals surface area contributed by atoms with Gasteiger partial charge in [0, 0.05) is 25.3 Å². The Morgan fingerprint density at radius 3 is 2.81 bits per heavy atom. The maximum absolute atomic E-state index is 13.9. The second kappa shape index (κ2) is 8.30. The SMILES string of the molecule is CC(C)N(C(=O)c1cc(F)ccc1Oc1cnc[n+]([O-])c1)C1CCOCC1. The average molecular weight is 375 g/mol. The molecule has 0 spiro atoms. The molecule has 2 heterocycles. The second-order valence-corrected chi connectivity index (χ2v) is 6.68. The third-order valence-electron chi connectivity index (χ3n) is 4.41. The van der Waals surface area contributed by atoms with E-state index in [1.807, 2.05) is 13.8 Å². The van der Waals surface area contributed by atoms with E-state index in [1.54, 1.807) is 4.90 Å². The average Bonchev–Trinajstić information content (AvgIpc) is 2.64. The van der Waals surface area contributed by atoms with Crippen LogP contribution in [0.5, 0.6) is 11.5 Å². The van der Waals surface area contributed by atoms with Crippen molar-refractivity contribution in [2.24, 2.45) is 0 Å². The Morgan fingerprint density at radius 1 is 1.41 bits per heavy atom. The number of aromatic nitrogens is 2. The fourth-order valence-corrected chi connectivity index (χ4v) is 3.23. The van der Waals surface area contributed by atoms with Crippen molar-refractivity contribution in [3.8, 4) is 11.5 Å². The maximum Gasteiger partial charge on any atom is 0.289 e. The van der Waals surface area contributed by atoms with Crippen LogP contribution in [0.3, 0.4) is 0 Å². The largest absolute Gasteiger partial charge is 0.711 e. The van der Waals surface area contributed by atoms with E-state index in [9.17, 15) is 14.4 Å². The lowest BCUT2D eigenvalue weighted by molar-refractivity contribution is -0.609. The topological polar surface area (TPSA) is 78.6 Å². The molecule has 8 heteroatoms. The Labute approximate surface area is 156 Å². The van der Waals surface area contributed by atoms with E-state index in [4.69, 9.17) is 9.47 Å². The van der Waals surface area contributed by atoms with Gasteiger partial charge in [-0.3, -0.25) is 4.79 Å². The first-order chi connectivity index (χ1) is 13.0. The Balaban J connectivity index is 1.93.